The molecule has 122 valence electrons. The van der Waals surface area contributed by atoms with Crippen molar-refractivity contribution in [1.29, 1.82) is 0 Å². The molecule has 5 nitrogen and oxygen atoms in total. The Morgan fingerprint density at radius 3 is 2.18 bits per heavy atom. The molecule has 1 aromatic rings. The van der Waals surface area contributed by atoms with Crippen LogP contribution in [0, 0.1) is 5.92 Å². The largest absolute Gasteiger partial charge is 0.349 e. The first-order chi connectivity index (χ1) is 10.4. The molecule has 7 heteroatoms. The number of piperidine rings is 1. The van der Waals surface area contributed by atoms with Crippen molar-refractivity contribution in [2.24, 2.45) is 5.92 Å². The molecule has 0 N–H and O–H groups in total. The van der Waals surface area contributed by atoms with Crippen LogP contribution in [0.25, 0.3) is 0 Å². The maximum atomic E-state index is 12.6. The number of sulfonamides is 1. The van der Waals surface area contributed by atoms with Gasteiger partial charge in [0.15, 0.2) is 0 Å². The molecule has 0 spiro atoms. The lowest BCUT2D eigenvalue weighted by molar-refractivity contribution is -0.134. The van der Waals surface area contributed by atoms with Crippen molar-refractivity contribution in [2.75, 3.05) is 33.4 Å². The van der Waals surface area contributed by atoms with E-state index in [1.54, 1.807) is 42.9 Å². The van der Waals surface area contributed by atoms with E-state index in [2.05, 4.69) is 0 Å². The second kappa shape index (κ2) is 7.02. The van der Waals surface area contributed by atoms with Crippen LogP contribution in [-0.4, -0.2) is 57.0 Å². The number of amides is 1. The van der Waals surface area contributed by atoms with E-state index >= 15 is 0 Å². The standard InChI is InChI=1S/C15H22N2O3S2/c1-16(2)15(18)12-8-10-17(11-9-12)22(19,20)14-6-4-13(21-3)5-7-14/h4-7,12H,8-11H2,1-3H3. The first-order valence-corrected chi connectivity index (χ1v) is 9.88. The highest BCUT2D eigenvalue weighted by Gasteiger charge is 2.32. The Morgan fingerprint density at radius 1 is 1.18 bits per heavy atom. The topological polar surface area (TPSA) is 57.7 Å². The van der Waals surface area contributed by atoms with Crippen LogP contribution in [-0.2, 0) is 14.8 Å². The van der Waals surface area contributed by atoms with Crippen LogP contribution in [0.1, 0.15) is 12.8 Å². The quantitative estimate of drug-likeness (QED) is 0.784. The van der Waals surface area contributed by atoms with Crippen molar-refractivity contribution in [2.45, 2.75) is 22.6 Å². The fourth-order valence-corrected chi connectivity index (χ4v) is 4.48. The summed E-state index contributed by atoms with van der Waals surface area (Å²) in [4.78, 5) is 14.9. The third-order valence-electron chi connectivity index (χ3n) is 3.94. The van der Waals surface area contributed by atoms with Gasteiger partial charge in [0.25, 0.3) is 0 Å². The van der Waals surface area contributed by atoms with Gasteiger partial charge in [0.2, 0.25) is 15.9 Å². The minimum atomic E-state index is -3.46. The van der Waals surface area contributed by atoms with Crippen molar-refractivity contribution in [3.05, 3.63) is 24.3 Å². The number of hydrogen-bond acceptors (Lipinski definition) is 4. The van der Waals surface area contributed by atoms with Crippen LogP contribution in [0.15, 0.2) is 34.1 Å². The van der Waals surface area contributed by atoms with E-state index in [-0.39, 0.29) is 11.8 Å². The van der Waals surface area contributed by atoms with E-state index in [4.69, 9.17) is 0 Å². The molecule has 1 amide bonds. The van der Waals surface area contributed by atoms with E-state index in [1.807, 2.05) is 18.4 Å². The summed E-state index contributed by atoms with van der Waals surface area (Å²) < 4.78 is 26.7. The Bertz CT molecular complexity index is 619. The molecule has 0 bridgehead atoms. The van der Waals surface area contributed by atoms with Crippen LogP contribution in [0.5, 0.6) is 0 Å². The van der Waals surface area contributed by atoms with Gasteiger partial charge < -0.3 is 4.90 Å². The van der Waals surface area contributed by atoms with E-state index in [9.17, 15) is 13.2 Å². The van der Waals surface area contributed by atoms with Crippen LogP contribution < -0.4 is 0 Å². The van der Waals surface area contributed by atoms with Gasteiger partial charge in [-0.3, -0.25) is 4.79 Å². The average Bonchev–Trinajstić information content (AvgIpc) is 2.54. The Balaban J connectivity index is 2.07. The van der Waals surface area contributed by atoms with Gasteiger partial charge in [-0.25, -0.2) is 8.42 Å². The Morgan fingerprint density at radius 2 is 1.73 bits per heavy atom. The van der Waals surface area contributed by atoms with Gasteiger partial charge >= 0.3 is 0 Å². The Labute approximate surface area is 136 Å². The summed E-state index contributed by atoms with van der Waals surface area (Å²) in [5.74, 6) is 0.0155. The summed E-state index contributed by atoms with van der Waals surface area (Å²) in [6.07, 6.45) is 3.12. The van der Waals surface area contributed by atoms with Crippen molar-refractivity contribution >= 4 is 27.7 Å². The van der Waals surface area contributed by atoms with Crippen molar-refractivity contribution in [1.82, 2.24) is 9.21 Å². The molecular formula is C15H22N2O3S2. The molecular weight excluding hydrogens is 320 g/mol. The normalized spacial score (nSPS) is 17.4. The highest BCUT2D eigenvalue weighted by Crippen LogP contribution is 2.26. The molecule has 22 heavy (non-hydrogen) atoms. The number of hydrogen-bond donors (Lipinski definition) is 0. The van der Waals surface area contributed by atoms with Gasteiger partial charge in [-0.1, -0.05) is 0 Å². The number of nitrogens with zero attached hydrogens (tertiary/aromatic N) is 2. The number of thioether (sulfide) groups is 1. The Hall–Kier alpha value is -1.05. The maximum absolute atomic E-state index is 12.6. The third kappa shape index (κ3) is 3.64. The maximum Gasteiger partial charge on any atom is 0.243 e. The second-order valence-corrected chi connectivity index (χ2v) is 8.40. The molecule has 0 unspecified atom stereocenters. The van der Waals surface area contributed by atoms with Crippen molar-refractivity contribution in [3.63, 3.8) is 0 Å². The summed E-state index contributed by atoms with van der Waals surface area (Å²) >= 11 is 1.58. The minimum Gasteiger partial charge on any atom is -0.349 e. The van der Waals surface area contributed by atoms with E-state index in [0.29, 0.717) is 30.8 Å². The molecule has 1 aromatic carbocycles. The van der Waals surface area contributed by atoms with Gasteiger partial charge in [0, 0.05) is 38.0 Å². The Kier molecular flexibility index (Phi) is 5.52. The van der Waals surface area contributed by atoms with E-state index in [1.165, 1.54) is 4.31 Å². The van der Waals surface area contributed by atoms with Crippen LogP contribution in [0.2, 0.25) is 0 Å². The van der Waals surface area contributed by atoms with E-state index in [0.717, 1.165) is 4.90 Å². The number of carbonyl (C=O) groups excluding carboxylic acids is 1. The second-order valence-electron chi connectivity index (χ2n) is 5.59. The highest BCUT2D eigenvalue weighted by atomic mass is 32.2. The first kappa shape index (κ1) is 17.3. The third-order valence-corrected chi connectivity index (χ3v) is 6.60. The number of rotatable bonds is 4. The highest BCUT2D eigenvalue weighted by molar-refractivity contribution is 7.98. The molecule has 0 atom stereocenters. The average molecular weight is 342 g/mol. The van der Waals surface area contributed by atoms with Gasteiger partial charge in [0.1, 0.15) is 0 Å². The van der Waals surface area contributed by atoms with Crippen LogP contribution in [0.3, 0.4) is 0 Å². The van der Waals surface area contributed by atoms with Crippen LogP contribution >= 0.6 is 11.8 Å². The molecule has 1 fully saturated rings. The zero-order chi connectivity index (χ0) is 16.3. The zero-order valence-electron chi connectivity index (χ0n) is 13.2. The molecule has 2 rings (SSSR count). The molecule has 1 heterocycles. The summed E-state index contributed by atoms with van der Waals surface area (Å²) in [6, 6.07) is 6.94. The molecule has 1 aliphatic heterocycles. The van der Waals surface area contributed by atoms with Gasteiger partial charge in [0.05, 0.1) is 4.90 Å². The van der Waals surface area contributed by atoms with E-state index < -0.39 is 10.0 Å². The SMILES string of the molecule is CSc1ccc(S(=O)(=O)N2CCC(C(=O)N(C)C)CC2)cc1. The van der Waals surface area contributed by atoms with Gasteiger partial charge in [-0.15, -0.1) is 11.8 Å². The lowest BCUT2D eigenvalue weighted by Crippen LogP contribution is -2.42. The number of benzene rings is 1. The minimum absolute atomic E-state index is 0.0692. The monoisotopic (exact) mass is 342 g/mol. The predicted octanol–water partition coefficient (Wildman–Crippen LogP) is 1.90. The van der Waals surface area contributed by atoms with Crippen LogP contribution in [0.4, 0.5) is 0 Å². The molecule has 0 aromatic heterocycles. The zero-order valence-corrected chi connectivity index (χ0v) is 14.8. The molecule has 1 saturated heterocycles. The summed E-state index contributed by atoms with van der Waals surface area (Å²) in [5.41, 5.74) is 0. The summed E-state index contributed by atoms with van der Waals surface area (Å²) in [7, 11) is 0.0125. The van der Waals surface area contributed by atoms with Gasteiger partial charge in [-0.2, -0.15) is 4.31 Å². The summed E-state index contributed by atoms with van der Waals surface area (Å²) in [6.45, 7) is 0.799. The molecule has 0 saturated carbocycles. The molecule has 0 radical (unpaired) electrons. The first-order valence-electron chi connectivity index (χ1n) is 7.21. The number of carbonyl (C=O) groups is 1. The van der Waals surface area contributed by atoms with Crippen molar-refractivity contribution < 1.29 is 13.2 Å². The fourth-order valence-electron chi connectivity index (χ4n) is 2.61. The smallest absolute Gasteiger partial charge is 0.243 e. The van der Waals surface area contributed by atoms with Crippen molar-refractivity contribution in [3.8, 4) is 0 Å². The summed E-state index contributed by atoms with van der Waals surface area (Å²) in [5, 5.41) is 0. The lowest BCUT2D eigenvalue weighted by atomic mass is 9.97. The lowest BCUT2D eigenvalue weighted by Gasteiger charge is -2.31. The fraction of sp³-hybridized carbons (Fsp3) is 0.533. The predicted molar refractivity (Wildman–Crippen MR) is 88.4 cm³/mol. The molecule has 1 aliphatic rings. The van der Waals surface area contributed by atoms with Gasteiger partial charge in [-0.05, 0) is 43.4 Å². The molecule has 0 aliphatic carbocycles.